The number of ketones is 1. The molecule has 368 valence electrons. The number of allylic oxidation sites excluding steroid dienone is 1. The van der Waals surface area contributed by atoms with Crippen molar-refractivity contribution in [2.24, 2.45) is 5.92 Å². The van der Waals surface area contributed by atoms with E-state index in [2.05, 4.69) is 70.7 Å². The molecule has 6 bridgehead atoms. The van der Waals surface area contributed by atoms with E-state index >= 15 is 0 Å². The topological polar surface area (TPSA) is 166 Å². The number of nitrogens with zero attached hydrogens (tertiary/aromatic N) is 1. The quantitative estimate of drug-likeness (QED) is 0.0726. The van der Waals surface area contributed by atoms with E-state index in [0.717, 1.165) is 88.5 Å². The maximum Gasteiger partial charge on any atom is 0.204 e. The van der Waals surface area contributed by atoms with Gasteiger partial charge in [-0.25, -0.2) is 0 Å². The number of hydrogen-bond acceptors (Lipinski definition) is 11. The van der Waals surface area contributed by atoms with E-state index < -0.39 is 24.2 Å². The molecule has 5 heterocycles. The van der Waals surface area contributed by atoms with Crippen LogP contribution in [0.15, 0.2) is 121 Å². The number of aryl methyl sites for hydroxylation is 2. The standard InChI is InChI=1S/C59H63N3O9/c1-3-42-31-49-40-11-7-10-37(28-40)13-21-48-55-54(52(67)32-53(71-55)39-15-18-44(64)19-16-39)57(69-27-24-45(65)17-12-36-8-5-4-6-9-36)58(68-2)56(48)70-35-41(34-63)46-22-23-51(66)50-30-38(14-20-47(46)50)29-43-33-60-25-26-62(43)59(49)61-42/h4-12,14-20,22-23,28,30-31,41,43,45-46,51,53,60-61,63-66H,3,13,21,24-27,29,32-35H2,1-2H3/b17-12+/t41-,43-,45+,46+,51-,53?/m1/s1. The van der Waals surface area contributed by atoms with E-state index in [1.807, 2.05) is 42.5 Å². The van der Waals surface area contributed by atoms with Crippen LogP contribution in [0.1, 0.15) is 92.9 Å². The SMILES string of the molecule is CCc1cc2c([nH]1)N1CCNC[C@H]1Cc1ccc3c(c1)[C@H](O)C=C[C@H]3[C@H](CO)COc1c(c3c(c(OCC[C@@H](O)/C=C/c4ccccc4)c1OC)C(=O)CC(c1ccc(O)cc1)O3)CCc1cccc-2c1. The summed E-state index contributed by atoms with van der Waals surface area (Å²) in [6.07, 6.45) is 7.74. The molecule has 1 aromatic heterocycles. The Hall–Kier alpha value is -6.83. The molecule has 71 heavy (non-hydrogen) atoms. The summed E-state index contributed by atoms with van der Waals surface area (Å²) in [5.74, 6) is 1.23. The van der Waals surface area contributed by atoms with E-state index in [-0.39, 0.29) is 73.2 Å². The number of hydrogen-bond donors (Lipinski definition) is 6. The second-order valence-corrected chi connectivity index (χ2v) is 19.1. The van der Waals surface area contributed by atoms with Gasteiger partial charge in [0.15, 0.2) is 17.3 Å². The fourth-order valence-corrected chi connectivity index (χ4v) is 10.7. The van der Waals surface area contributed by atoms with E-state index in [0.29, 0.717) is 29.9 Å². The summed E-state index contributed by atoms with van der Waals surface area (Å²) < 4.78 is 26.8. The first-order valence-corrected chi connectivity index (χ1v) is 25.0. The second-order valence-electron chi connectivity index (χ2n) is 19.1. The lowest BCUT2D eigenvalue weighted by Gasteiger charge is -2.38. The molecule has 12 nitrogen and oxygen atoms in total. The average molecular weight is 958 g/mol. The highest BCUT2D eigenvalue weighted by Gasteiger charge is 2.39. The van der Waals surface area contributed by atoms with Gasteiger partial charge in [-0.2, -0.15) is 0 Å². The zero-order chi connectivity index (χ0) is 49.0. The molecular weight excluding hydrogens is 895 g/mol. The molecule has 1 fully saturated rings. The lowest BCUT2D eigenvalue weighted by atomic mass is 9.78. The molecule has 0 spiro atoms. The monoisotopic (exact) mass is 957 g/mol. The summed E-state index contributed by atoms with van der Waals surface area (Å²) >= 11 is 0. The Morgan fingerprint density at radius 3 is 2.55 bits per heavy atom. The average Bonchev–Trinajstić information content (AvgIpc) is 3.83. The van der Waals surface area contributed by atoms with Crippen molar-refractivity contribution in [3.63, 3.8) is 0 Å². The highest BCUT2D eigenvalue weighted by atomic mass is 16.5. The molecule has 5 aromatic carbocycles. The van der Waals surface area contributed by atoms with Gasteiger partial charge in [-0.15, -0.1) is 0 Å². The summed E-state index contributed by atoms with van der Waals surface area (Å²) in [5.41, 5.74) is 9.79. The van der Waals surface area contributed by atoms with Crippen molar-refractivity contribution in [2.45, 2.75) is 75.7 Å². The normalized spacial score (nSPS) is 21.3. The number of aromatic amines is 1. The van der Waals surface area contributed by atoms with Crippen LogP contribution in [-0.2, 0) is 25.7 Å². The molecule has 6 aromatic rings. The number of aliphatic hydroxyl groups excluding tert-OH is 3. The lowest BCUT2D eigenvalue weighted by Crippen LogP contribution is -2.52. The molecule has 1 aliphatic carbocycles. The first-order valence-electron chi connectivity index (χ1n) is 25.0. The zero-order valence-electron chi connectivity index (χ0n) is 40.4. The van der Waals surface area contributed by atoms with E-state index in [4.69, 9.17) is 18.9 Å². The summed E-state index contributed by atoms with van der Waals surface area (Å²) in [6.45, 7) is 4.49. The van der Waals surface area contributed by atoms with Crippen molar-refractivity contribution in [3.8, 4) is 39.9 Å². The van der Waals surface area contributed by atoms with Crippen molar-refractivity contribution < 1.29 is 44.2 Å². The minimum absolute atomic E-state index is 0.00166. The van der Waals surface area contributed by atoms with Gasteiger partial charge in [0.1, 0.15) is 29.0 Å². The maximum atomic E-state index is 14.8. The molecule has 4 aliphatic heterocycles. The third kappa shape index (κ3) is 10.1. The molecular formula is C59H63N3O9. The third-order valence-electron chi connectivity index (χ3n) is 14.5. The van der Waals surface area contributed by atoms with Crippen molar-refractivity contribution >= 4 is 17.7 Å². The molecule has 0 amide bonds. The number of phenols is 1. The van der Waals surface area contributed by atoms with E-state index in [1.54, 1.807) is 36.4 Å². The number of carbonyl (C=O) groups excluding carboxylic acids is 1. The Kier molecular flexibility index (Phi) is 14.3. The van der Waals surface area contributed by atoms with Gasteiger partial charge in [-0.1, -0.05) is 116 Å². The summed E-state index contributed by atoms with van der Waals surface area (Å²) in [5, 5.41) is 47.6. The van der Waals surface area contributed by atoms with Gasteiger partial charge in [0, 0.05) is 60.8 Å². The van der Waals surface area contributed by atoms with Gasteiger partial charge in [-0.05, 0) is 82.8 Å². The lowest BCUT2D eigenvalue weighted by molar-refractivity contribution is 0.0834. The highest BCUT2D eigenvalue weighted by Crippen LogP contribution is 2.54. The number of H-pyrrole nitrogens is 1. The van der Waals surface area contributed by atoms with Gasteiger partial charge in [-0.3, -0.25) is 4.79 Å². The Morgan fingerprint density at radius 1 is 0.901 bits per heavy atom. The molecule has 1 saturated heterocycles. The number of Topliss-reactive ketones (excluding diaryl/α,β-unsaturated/α-hetero) is 1. The van der Waals surface area contributed by atoms with E-state index in [9.17, 15) is 25.2 Å². The van der Waals surface area contributed by atoms with Crippen LogP contribution in [0, 0.1) is 5.92 Å². The van der Waals surface area contributed by atoms with Gasteiger partial charge < -0.3 is 54.6 Å². The zero-order valence-corrected chi connectivity index (χ0v) is 40.4. The Labute approximate surface area is 415 Å². The number of fused-ring (bicyclic) bond motifs is 5. The van der Waals surface area contributed by atoms with E-state index in [1.165, 1.54) is 7.11 Å². The molecule has 12 heteroatoms. The molecule has 6 atom stereocenters. The number of rotatable bonds is 10. The number of nitrogens with one attached hydrogen (secondary N) is 2. The number of methoxy groups -OCH3 is 1. The van der Waals surface area contributed by atoms with Crippen LogP contribution in [0.25, 0.3) is 17.2 Å². The van der Waals surface area contributed by atoms with Crippen LogP contribution in [0.4, 0.5) is 5.82 Å². The van der Waals surface area contributed by atoms with Crippen molar-refractivity contribution in [1.82, 2.24) is 10.3 Å². The molecule has 11 rings (SSSR count). The summed E-state index contributed by atoms with van der Waals surface area (Å²) in [4.78, 5) is 21.1. The predicted octanol–water partition coefficient (Wildman–Crippen LogP) is 9.00. The molecule has 0 saturated carbocycles. The van der Waals surface area contributed by atoms with Crippen LogP contribution >= 0.6 is 0 Å². The van der Waals surface area contributed by atoms with Crippen LogP contribution in [-0.4, -0.2) is 89.9 Å². The van der Waals surface area contributed by atoms with Crippen molar-refractivity contribution in [2.75, 3.05) is 51.5 Å². The fraction of sp³-hybridized carbons (Fsp3) is 0.339. The van der Waals surface area contributed by atoms with Crippen LogP contribution < -0.4 is 29.2 Å². The Morgan fingerprint density at radius 2 is 1.75 bits per heavy atom. The van der Waals surface area contributed by atoms with Crippen molar-refractivity contribution in [3.05, 3.63) is 172 Å². The van der Waals surface area contributed by atoms with Crippen LogP contribution in [0.3, 0.4) is 0 Å². The number of phenolic OH excluding ortho intramolecular Hbond substituents is 1. The number of anilines is 1. The number of carbonyl (C=O) groups is 1. The number of ether oxygens (including phenoxy) is 4. The van der Waals surface area contributed by atoms with Crippen molar-refractivity contribution in [1.29, 1.82) is 0 Å². The fourth-order valence-electron chi connectivity index (χ4n) is 10.7. The van der Waals surface area contributed by atoms with Crippen LogP contribution in [0.5, 0.6) is 28.7 Å². The maximum absolute atomic E-state index is 14.8. The number of aromatic nitrogens is 1. The number of benzene rings is 5. The molecule has 0 radical (unpaired) electrons. The van der Waals surface area contributed by atoms with Gasteiger partial charge in [0.25, 0.3) is 0 Å². The number of aliphatic hydroxyl groups is 3. The minimum atomic E-state index is -0.844. The Balaban J connectivity index is 1.10. The largest absolute Gasteiger partial charge is 0.508 e. The second kappa shape index (κ2) is 21.3. The molecule has 5 aliphatic rings. The minimum Gasteiger partial charge on any atom is -0.508 e. The van der Waals surface area contributed by atoms with Gasteiger partial charge >= 0.3 is 0 Å². The summed E-state index contributed by atoms with van der Waals surface area (Å²) in [6, 6.07) is 33.8. The first kappa shape index (κ1) is 47.8. The van der Waals surface area contributed by atoms with Crippen LogP contribution in [0.2, 0.25) is 0 Å². The molecule has 6 N–H and O–H groups in total. The molecule has 1 unspecified atom stereocenters. The summed E-state index contributed by atoms with van der Waals surface area (Å²) in [7, 11) is 1.52. The van der Waals surface area contributed by atoms with Gasteiger partial charge in [0.2, 0.25) is 5.75 Å². The van der Waals surface area contributed by atoms with Gasteiger partial charge in [0.05, 0.1) is 45.6 Å². The predicted molar refractivity (Wildman–Crippen MR) is 275 cm³/mol. The third-order valence-corrected chi connectivity index (χ3v) is 14.5. The first-order chi connectivity index (χ1) is 34.7. The smallest absolute Gasteiger partial charge is 0.204 e. The number of piperazine rings is 1. The number of aromatic hydroxyl groups is 1. The Bertz CT molecular complexity index is 2910. The highest BCUT2D eigenvalue weighted by molar-refractivity contribution is 6.04.